The van der Waals surface area contributed by atoms with Gasteiger partial charge in [-0.1, -0.05) is 0 Å². The first-order chi connectivity index (χ1) is 10.1. The van der Waals surface area contributed by atoms with Gasteiger partial charge in [0, 0.05) is 32.5 Å². The van der Waals surface area contributed by atoms with Crippen LogP contribution in [0.15, 0.2) is 6.20 Å². The van der Waals surface area contributed by atoms with Crippen molar-refractivity contribution in [2.75, 3.05) is 18.5 Å². The largest absolute Gasteiger partial charge is 0.478 e. The van der Waals surface area contributed by atoms with Crippen LogP contribution in [0, 0.1) is 6.92 Å². The van der Waals surface area contributed by atoms with Crippen LogP contribution in [0.5, 0.6) is 0 Å². The van der Waals surface area contributed by atoms with Crippen molar-refractivity contribution >= 4 is 22.7 Å². The van der Waals surface area contributed by atoms with Crippen molar-refractivity contribution in [3.8, 4) is 0 Å². The van der Waals surface area contributed by atoms with Gasteiger partial charge in [0.1, 0.15) is 5.56 Å². The standard InChI is InChI=1S/C14H18N4O3/c1-8-11-12(16-9-3-5-21-6-4-9)10(14(19)20)7-15-13(11)18(2)17-8/h7,9H,3-6H2,1-2H3,(H,15,16)(H,19,20). The van der Waals surface area contributed by atoms with E-state index in [1.807, 2.05) is 6.92 Å². The molecule has 1 aliphatic heterocycles. The van der Waals surface area contributed by atoms with Gasteiger partial charge in [-0.2, -0.15) is 5.10 Å². The number of hydrogen-bond acceptors (Lipinski definition) is 5. The van der Waals surface area contributed by atoms with Crippen molar-refractivity contribution in [2.45, 2.75) is 25.8 Å². The Morgan fingerprint density at radius 3 is 2.86 bits per heavy atom. The Hall–Kier alpha value is -2.15. The molecule has 112 valence electrons. The summed E-state index contributed by atoms with van der Waals surface area (Å²) in [5.74, 6) is -0.984. The van der Waals surface area contributed by atoms with Gasteiger partial charge >= 0.3 is 5.97 Å². The zero-order valence-electron chi connectivity index (χ0n) is 12.1. The zero-order chi connectivity index (χ0) is 15.0. The van der Waals surface area contributed by atoms with Gasteiger partial charge in [-0.25, -0.2) is 9.78 Å². The van der Waals surface area contributed by atoms with Crippen molar-refractivity contribution in [3.05, 3.63) is 17.5 Å². The van der Waals surface area contributed by atoms with Crippen LogP contribution in [0.2, 0.25) is 0 Å². The average molecular weight is 290 g/mol. The van der Waals surface area contributed by atoms with E-state index in [1.54, 1.807) is 11.7 Å². The van der Waals surface area contributed by atoms with Crippen molar-refractivity contribution in [3.63, 3.8) is 0 Å². The number of fused-ring (bicyclic) bond motifs is 1. The van der Waals surface area contributed by atoms with Crippen LogP contribution in [0.4, 0.5) is 5.69 Å². The quantitative estimate of drug-likeness (QED) is 0.892. The number of rotatable bonds is 3. The molecule has 0 atom stereocenters. The highest BCUT2D eigenvalue weighted by Crippen LogP contribution is 2.30. The summed E-state index contributed by atoms with van der Waals surface area (Å²) in [7, 11) is 1.81. The summed E-state index contributed by atoms with van der Waals surface area (Å²) < 4.78 is 7.02. The summed E-state index contributed by atoms with van der Waals surface area (Å²) in [6.07, 6.45) is 3.12. The number of aryl methyl sites for hydroxylation is 2. The smallest absolute Gasteiger partial charge is 0.339 e. The number of nitrogens with zero attached hydrogens (tertiary/aromatic N) is 3. The molecule has 2 N–H and O–H groups in total. The fourth-order valence-electron chi connectivity index (χ4n) is 2.77. The molecular weight excluding hydrogens is 272 g/mol. The maximum absolute atomic E-state index is 11.5. The van der Waals surface area contributed by atoms with Crippen LogP contribution in [0.25, 0.3) is 11.0 Å². The number of aromatic nitrogens is 3. The number of ether oxygens (including phenoxy) is 1. The highest BCUT2D eigenvalue weighted by Gasteiger charge is 2.22. The minimum atomic E-state index is -0.984. The lowest BCUT2D eigenvalue weighted by Gasteiger charge is -2.25. The van der Waals surface area contributed by atoms with Gasteiger partial charge in [-0.05, 0) is 19.8 Å². The van der Waals surface area contributed by atoms with Gasteiger partial charge in [0.2, 0.25) is 0 Å². The molecule has 1 fully saturated rings. The van der Waals surface area contributed by atoms with E-state index in [0.717, 1.165) is 23.9 Å². The highest BCUT2D eigenvalue weighted by molar-refractivity contribution is 6.04. The molecule has 0 amide bonds. The molecule has 2 aromatic heterocycles. The summed E-state index contributed by atoms with van der Waals surface area (Å²) in [6, 6.07) is 0.210. The van der Waals surface area contributed by atoms with E-state index in [9.17, 15) is 9.90 Å². The molecule has 21 heavy (non-hydrogen) atoms. The predicted octanol–water partition coefficient (Wildman–Crippen LogP) is 1.57. The van der Waals surface area contributed by atoms with Crippen LogP contribution in [0.3, 0.4) is 0 Å². The lowest BCUT2D eigenvalue weighted by molar-refractivity contribution is 0.0697. The van der Waals surface area contributed by atoms with E-state index in [4.69, 9.17) is 4.74 Å². The SMILES string of the molecule is Cc1nn(C)c2ncc(C(=O)O)c(NC3CCOCC3)c12. The molecule has 0 unspecified atom stereocenters. The molecule has 0 aromatic carbocycles. The minimum absolute atomic E-state index is 0.185. The highest BCUT2D eigenvalue weighted by atomic mass is 16.5. The van der Waals surface area contributed by atoms with Gasteiger partial charge < -0.3 is 15.2 Å². The number of carbonyl (C=O) groups is 1. The monoisotopic (exact) mass is 290 g/mol. The van der Waals surface area contributed by atoms with Gasteiger partial charge in [0.15, 0.2) is 5.65 Å². The van der Waals surface area contributed by atoms with Crippen LogP contribution in [0.1, 0.15) is 28.9 Å². The molecule has 3 heterocycles. The molecule has 1 saturated heterocycles. The van der Waals surface area contributed by atoms with E-state index in [0.29, 0.717) is 24.5 Å². The molecule has 0 spiro atoms. The molecule has 0 bridgehead atoms. The number of carboxylic acids is 1. The van der Waals surface area contributed by atoms with Gasteiger partial charge in [0.05, 0.1) is 16.8 Å². The molecule has 0 radical (unpaired) electrons. The molecule has 7 heteroatoms. The number of carboxylic acid groups (broad SMARTS) is 1. The Morgan fingerprint density at radius 2 is 2.19 bits per heavy atom. The Bertz CT molecular complexity index is 689. The Balaban J connectivity index is 2.11. The molecule has 0 aliphatic carbocycles. The second-order valence-corrected chi connectivity index (χ2v) is 5.29. The Kier molecular flexibility index (Phi) is 3.50. The molecule has 7 nitrogen and oxygen atoms in total. The summed E-state index contributed by atoms with van der Waals surface area (Å²) >= 11 is 0. The first kappa shape index (κ1) is 13.8. The normalized spacial score (nSPS) is 16.3. The number of pyridine rings is 1. The predicted molar refractivity (Wildman–Crippen MR) is 77.7 cm³/mol. The molecular formula is C14H18N4O3. The van der Waals surface area contributed by atoms with Crippen LogP contribution in [-0.2, 0) is 11.8 Å². The number of anilines is 1. The van der Waals surface area contributed by atoms with E-state index in [1.165, 1.54) is 6.20 Å². The van der Waals surface area contributed by atoms with Crippen molar-refractivity contribution < 1.29 is 14.6 Å². The van der Waals surface area contributed by atoms with Gasteiger partial charge in [-0.15, -0.1) is 0 Å². The van der Waals surface area contributed by atoms with Gasteiger partial charge in [0.25, 0.3) is 0 Å². The van der Waals surface area contributed by atoms with Crippen molar-refractivity contribution in [1.29, 1.82) is 0 Å². The van der Waals surface area contributed by atoms with Crippen molar-refractivity contribution in [2.24, 2.45) is 7.05 Å². The molecule has 2 aromatic rings. The number of nitrogens with one attached hydrogen (secondary N) is 1. The van der Waals surface area contributed by atoms with E-state index < -0.39 is 5.97 Å². The maximum Gasteiger partial charge on any atom is 0.339 e. The fraction of sp³-hybridized carbons (Fsp3) is 0.500. The molecule has 3 rings (SSSR count). The summed E-state index contributed by atoms with van der Waals surface area (Å²) in [5, 5.41) is 17.9. The summed E-state index contributed by atoms with van der Waals surface area (Å²) in [6.45, 7) is 3.26. The first-order valence-electron chi connectivity index (χ1n) is 6.98. The first-order valence-corrected chi connectivity index (χ1v) is 6.98. The third-order valence-corrected chi connectivity index (χ3v) is 3.83. The summed E-state index contributed by atoms with van der Waals surface area (Å²) in [5.41, 5.74) is 2.26. The third-order valence-electron chi connectivity index (χ3n) is 3.83. The van der Waals surface area contributed by atoms with Crippen LogP contribution in [-0.4, -0.2) is 45.1 Å². The fourth-order valence-corrected chi connectivity index (χ4v) is 2.77. The summed E-state index contributed by atoms with van der Waals surface area (Å²) in [4.78, 5) is 15.7. The van der Waals surface area contributed by atoms with Crippen LogP contribution < -0.4 is 5.32 Å². The second kappa shape index (κ2) is 5.33. The molecule has 1 aliphatic rings. The molecule has 0 saturated carbocycles. The Morgan fingerprint density at radius 1 is 1.48 bits per heavy atom. The Labute approximate surface area is 121 Å². The van der Waals surface area contributed by atoms with Crippen molar-refractivity contribution in [1.82, 2.24) is 14.8 Å². The number of aromatic carboxylic acids is 1. The minimum Gasteiger partial charge on any atom is -0.478 e. The lowest BCUT2D eigenvalue weighted by atomic mass is 10.1. The van der Waals surface area contributed by atoms with E-state index >= 15 is 0 Å². The third kappa shape index (κ3) is 2.44. The number of hydrogen-bond donors (Lipinski definition) is 2. The van der Waals surface area contributed by atoms with Crippen LogP contribution >= 0.6 is 0 Å². The maximum atomic E-state index is 11.5. The average Bonchev–Trinajstić information content (AvgIpc) is 2.75. The second-order valence-electron chi connectivity index (χ2n) is 5.29. The lowest BCUT2D eigenvalue weighted by Crippen LogP contribution is -2.28. The topological polar surface area (TPSA) is 89.3 Å². The van der Waals surface area contributed by atoms with E-state index in [2.05, 4.69) is 15.4 Å². The van der Waals surface area contributed by atoms with E-state index in [-0.39, 0.29) is 11.6 Å². The zero-order valence-corrected chi connectivity index (χ0v) is 12.1. The van der Waals surface area contributed by atoms with Gasteiger partial charge in [-0.3, -0.25) is 4.68 Å².